The molecule has 2 aromatic rings. The van der Waals surface area contributed by atoms with E-state index in [1.165, 1.54) is 36.7 Å². The molecule has 5 nitrogen and oxygen atoms in total. The van der Waals surface area contributed by atoms with E-state index in [-0.39, 0.29) is 21.3 Å². The van der Waals surface area contributed by atoms with E-state index < -0.39 is 11.9 Å². The van der Waals surface area contributed by atoms with Crippen LogP contribution in [0.4, 0.5) is 5.69 Å². The molecule has 1 amide bonds. The van der Waals surface area contributed by atoms with Crippen LogP contribution >= 0.6 is 23.2 Å². The number of benzene rings is 1. The fraction of sp³-hybridized carbons (Fsp3) is 0. The second-order valence-electron chi connectivity index (χ2n) is 3.81. The highest BCUT2D eigenvalue weighted by Crippen LogP contribution is 2.30. The van der Waals surface area contributed by atoms with Crippen molar-refractivity contribution >= 4 is 40.8 Å². The van der Waals surface area contributed by atoms with Gasteiger partial charge in [0.25, 0.3) is 5.91 Å². The molecule has 0 atom stereocenters. The van der Waals surface area contributed by atoms with Gasteiger partial charge in [0.05, 0.1) is 16.3 Å². The zero-order chi connectivity index (χ0) is 14.7. The lowest BCUT2D eigenvalue weighted by Gasteiger charge is -2.11. The molecule has 0 fully saturated rings. The van der Waals surface area contributed by atoms with Crippen molar-refractivity contribution < 1.29 is 14.7 Å². The van der Waals surface area contributed by atoms with Crippen LogP contribution in [0.1, 0.15) is 20.7 Å². The van der Waals surface area contributed by atoms with Crippen molar-refractivity contribution in [3.63, 3.8) is 0 Å². The summed E-state index contributed by atoms with van der Waals surface area (Å²) in [5, 5.41) is 11.8. The predicted molar refractivity (Wildman–Crippen MR) is 75.6 cm³/mol. The van der Waals surface area contributed by atoms with Crippen LogP contribution in [-0.4, -0.2) is 22.0 Å². The zero-order valence-electron chi connectivity index (χ0n) is 9.93. The Morgan fingerprint density at radius 2 is 1.80 bits per heavy atom. The predicted octanol–water partition coefficient (Wildman–Crippen LogP) is 3.34. The molecular weight excluding hydrogens is 303 g/mol. The summed E-state index contributed by atoms with van der Waals surface area (Å²) in [5.74, 6) is -1.72. The summed E-state index contributed by atoms with van der Waals surface area (Å²) in [5.41, 5.74) is 0.164. The number of pyridine rings is 1. The highest BCUT2D eigenvalue weighted by molar-refractivity contribution is 6.38. The number of amides is 1. The van der Waals surface area contributed by atoms with Gasteiger partial charge in [-0.2, -0.15) is 0 Å². The Balaban J connectivity index is 2.39. The highest BCUT2D eigenvalue weighted by Gasteiger charge is 2.17. The Bertz CT molecular complexity index is 675. The Morgan fingerprint density at radius 1 is 1.15 bits per heavy atom. The van der Waals surface area contributed by atoms with Gasteiger partial charge in [-0.15, -0.1) is 0 Å². The Morgan fingerprint density at radius 3 is 2.40 bits per heavy atom. The van der Waals surface area contributed by atoms with Crippen molar-refractivity contribution in [2.24, 2.45) is 0 Å². The average molecular weight is 311 g/mol. The maximum atomic E-state index is 12.0. The molecule has 0 bridgehead atoms. The Labute approximate surface area is 124 Å². The first-order valence-corrected chi connectivity index (χ1v) is 6.18. The van der Waals surface area contributed by atoms with Crippen molar-refractivity contribution in [1.29, 1.82) is 0 Å². The first kappa shape index (κ1) is 14.3. The van der Waals surface area contributed by atoms with Crippen LogP contribution in [0.25, 0.3) is 0 Å². The van der Waals surface area contributed by atoms with E-state index in [0.717, 1.165) is 0 Å². The largest absolute Gasteiger partial charge is 0.478 e. The van der Waals surface area contributed by atoms with E-state index in [1.54, 1.807) is 0 Å². The topological polar surface area (TPSA) is 79.3 Å². The number of nitrogens with zero attached hydrogens (tertiary/aromatic N) is 1. The van der Waals surface area contributed by atoms with Gasteiger partial charge in [0, 0.05) is 23.0 Å². The maximum absolute atomic E-state index is 12.0. The molecule has 0 saturated carbocycles. The molecule has 0 radical (unpaired) electrons. The van der Waals surface area contributed by atoms with E-state index in [2.05, 4.69) is 10.3 Å². The van der Waals surface area contributed by atoms with Crippen LogP contribution in [-0.2, 0) is 0 Å². The molecule has 0 unspecified atom stereocenters. The number of nitrogens with one attached hydrogen (secondary N) is 1. The molecule has 1 aromatic heterocycles. The fourth-order valence-electron chi connectivity index (χ4n) is 1.56. The number of rotatable bonds is 3. The Hall–Kier alpha value is -2.11. The number of hydrogen-bond acceptors (Lipinski definition) is 3. The lowest BCUT2D eigenvalue weighted by Crippen LogP contribution is -2.15. The molecule has 1 aromatic carbocycles. The van der Waals surface area contributed by atoms with E-state index in [1.807, 2.05) is 0 Å². The van der Waals surface area contributed by atoms with Crippen molar-refractivity contribution in [1.82, 2.24) is 4.98 Å². The number of halogens is 2. The van der Waals surface area contributed by atoms with Gasteiger partial charge in [0.2, 0.25) is 0 Å². The van der Waals surface area contributed by atoms with Gasteiger partial charge in [-0.25, -0.2) is 4.79 Å². The molecule has 0 aliphatic carbocycles. The number of anilines is 1. The summed E-state index contributed by atoms with van der Waals surface area (Å²) in [4.78, 5) is 27.0. The van der Waals surface area contributed by atoms with Crippen LogP contribution in [0.2, 0.25) is 10.0 Å². The number of carbonyl (C=O) groups excluding carboxylic acids is 1. The number of aromatic nitrogens is 1. The number of carbonyl (C=O) groups is 2. The SMILES string of the molecule is O=C(Nc1c(Cl)cc(Cl)cc1C(=O)O)c1ccncc1. The summed E-state index contributed by atoms with van der Waals surface area (Å²) >= 11 is 11.7. The molecule has 20 heavy (non-hydrogen) atoms. The number of carboxylic acid groups (broad SMARTS) is 1. The molecule has 0 saturated heterocycles. The summed E-state index contributed by atoms with van der Waals surface area (Å²) < 4.78 is 0. The third kappa shape index (κ3) is 3.07. The first-order valence-electron chi connectivity index (χ1n) is 5.42. The standard InChI is InChI=1S/C13H8Cl2N2O3/c14-8-5-9(13(19)20)11(10(15)6-8)17-12(18)7-1-3-16-4-2-7/h1-6H,(H,17,18)(H,19,20). The zero-order valence-corrected chi connectivity index (χ0v) is 11.4. The molecule has 102 valence electrons. The second kappa shape index (κ2) is 5.90. The van der Waals surface area contributed by atoms with Gasteiger partial charge in [0.15, 0.2) is 0 Å². The van der Waals surface area contributed by atoms with Gasteiger partial charge < -0.3 is 10.4 Å². The van der Waals surface area contributed by atoms with Crippen LogP contribution in [0.5, 0.6) is 0 Å². The minimum atomic E-state index is -1.24. The second-order valence-corrected chi connectivity index (χ2v) is 4.65. The van der Waals surface area contributed by atoms with Gasteiger partial charge in [-0.1, -0.05) is 23.2 Å². The quantitative estimate of drug-likeness (QED) is 0.911. The average Bonchev–Trinajstić information content (AvgIpc) is 2.42. The molecule has 7 heteroatoms. The smallest absolute Gasteiger partial charge is 0.337 e. The van der Waals surface area contributed by atoms with E-state index in [9.17, 15) is 9.59 Å². The summed E-state index contributed by atoms with van der Waals surface area (Å²) in [6.45, 7) is 0. The normalized spacial score (nSPS) is 10.1. The Kier molecular flexibility index (Phi) is 4.22. The lowest BCUT2D eigenvalue weighted by atomic mass is 10.1. The summed E-state index contributed by atoms with van der Waals surface area (Å²) in [7, 11) is 0. The molecule has 2 N–H and O–H groups in total. The minimum absolute atomic E-state index is 0.00498. The van der Waals surface area contributed by atoms with Gasteiger partial charge in [-0.3, -0.25) is 9.78 Å². The highest BCUT2D eigenvalue weighted by atomic mass is 35.5. The van der Waals surface area contributed by atoms with Crippen LogP contribution in [0.3, 0.4) is 0 Å². The van der Waals surface area contributed by atoms with Gasteiger partial charge in [-0.05, 0) is 24.3 Å². The number of hydrogen-bond donors (Lipinski definition) is 2. The number of aromatic carboxylic acids is 1. The van der Waals surface area contributed by atoms with Gasteiger partial charge >= 0.3 is 5.97 Å². The summed E-state index contributed by atoms with van der Waals surface area (Å²) in [6, 6.07) is 5.58. The van der Waals surface area contributed by atoms with Crippen LogP contribution in [0.15, 0.2) is 36.7 Å². The molecule has 0 spiro atoms. The third-order valence-corrected chi connectivity index (χ3v) is 2.98. The fourth-order valence-corrected chi connectivity index (χ4v) is 2.10. The van der Waals surface area contributed by atoms with Crippen molar-refractivity contribution in [3.05, 3.63) is 57.8 Å². The number of carboxylic acids is 1. The maximum Gasteiger partial charge on any atom is 0.337 e. The van der Waals surface area contributed by atoms with Gasteiger partial charge in [0.1, 0.15) is 0 Å². The minimum Gasteiger partial charge on any atom is -0.478 e. The van der Waals surface area contributed by atoms with E-state index >= 15 is 0 Å². The van der Waals surface area contributed by atoms with E-state index in [0.29, 0.717) is 5.56 Å². The molecule has 0 aliphatic rings. The molecule has 0 aliphatic heterocycles. The monoisotopic (exact) mass is 310 g/mol. The first-order chi connectivity index (χ1) is 9.49. The van der Waals surface area contributed by atoms with Crippen molar-refractivity contribution in [2.75, 3.05) is 5.32 Å². The van der Waals surface area contributed by atoms with Crippen molar-refractivity contribution in [3.8, 4) is 0 Å². The molecule has 1 heterocycles. The lowest BCUT2D eigenvalue weighted by molar-refractivity contribution is 0.0698. The molecular formula is C13H8Cl2N2O3. The van der Waals surface area contributed by atoms with Crippen molar-refractivity contribution in [2.45, 2.75) is 0 Å². The van der Waals surface area contributed by atoms with Crippen LogP contribution in [0, 0.1) is 0 Å². The third-order valence-electron chi connectivity index (χ3n) is 2.47. The summed E-state index contributed by atoms with van der Waals surface area (Å²) in [6.07, 6.45) is 2.91. The van der Waals surface area contributed by atoms with E-state index in [4.69, 9.17) is 28.3 Å². The van der Waals surface area contributed by atoms with Crippen LogP contribution < -0.4 is 5.32 Å². The molecule has 2 rings (SSSR count).